The maximum Gasteiger partial charge on any atom is 0.315 e. The van der Waals surface area contributed by atoms with Gasteiger partial charge in [0.2, 0.25) is 10.0 Å². The van der Waals surface area contributed by atoms with Crippen molar-refractivity contribution in [3.63, 3.8) is 0 Å². The Labute approximate surface area is 127 Å². The molecule has 6 nitrogen and oxygen atoms in total. The van der Waals surface area contributed by atoms with E-state index in [0.717, 1.165) is 32.1 Å². The number of carbonyl (C=O) groups is 1. The molecule has 1 heterocycles. The summed E-state index contributed by atoms with van der Waals surface area (Å²) in [6, 6.07) is 0.00675. The van der Waals surface area contributed by atoms with Gasteiger partial charge in [-0.3, -0.25) is 0 Å². The summed E-state index contributed by atoms with van der Waals surface area (Å²) in [5.74, 6) is 0.666. The van der Waals surface area contributed by atoms with Gasteiger partial charge in [-0.2, -0.15) is 0 Å². The molecule has 3 atom stereocenters. The zero-order valence-corrected chi connectivity index (χ0v) is 13.8. The summed E-state index contributed by atoms with van der Waals surface area (Å²) in [5, 5.41) is 5.96. The lowest BCUT2D eigenvalue weighted by Gasteiger charge is -2.32. The molecule has 1 saturated carbocycles. The fraction of sp³-hybridized carbons (Fsp3) is 0.929. The van der Waals surface area contributed by atoms with Gasteiger partial charge in [0.15, 0.2) is 0 Å². The van der Waals surface area contributed by atoms with Gasteiger partial charge >= 0.3 is 6.03 Å². The molecule has 0 spiro atoms. The number of sulfonamides is 1. The molecule has 3 unspecified atom stereocenters. The van der Waals surface area contributed by atoms with Gasteiger partial charge in [-0.25, -0.2) is 17.5 Å². The van der Waals surface area contributed by atoms with Crippen molar-refractivity contribution < 1.29 is 13.2 Å². The van der Waals surface area contributed by atoms with E-state index in [-0.39, 0.29) is 18.1 Å². The molecule has 0 aromatic rings. The predicted octanol–water partition coefficient (Wildman–Crippen LogP) is 1.29. The molecule has 0 aromatic heterocycles. The molecule has 0 aromatic carbocycles. The molecule has 2 aliphatic rings. The van der Waals surface area contributed by atoms with Gasteiger partial charge in [-0.1, -0.05) is 19.8 Å². The minimum atomic E-state index is -3.17. The van der Waals surface area contributed by atoms with E-state index < -0.39 is 10.0 Å². The minimum absolute atomic E-state index is 0.0884. The Morgan fingerprint density at radius 2 is 1.76 bits per heavy atom. The first-order valence-electron chi connectivity index (χ1n) is 7.86. The highest BCUT2D eigenvalue weighted by Crippen LogP contribution is 2.23. The second kappa shape index (κ2) is 6.96. The third kappa shape index (κ3) is 5.14. The molecular weight excluding hydrogens is 290 g/mol. The SMILES string of the molecule is CC1CCCC(NC(=O)NC2CCCN(S(C)(=O)=O)C2)C1. The number of piperidine rings is 1. The Hall–Kier alpha value is -0.820. The standard InChI is InChI=1S/C14H27N3O3S/c1-11-5-3-6-12(9-11)15-14(18)16-13-7-4-8-17(10-13)21(2,19)20/h11-13H,3-10H2,1-2H3,(H2,15,16,18). The Bertz CT molecular complexity index is 466. The van der Waals surface area contributed by atoms with E-state index in [1.807, 2.05) is 0 Å². The second-order valence-corrected chi connectivity index (χ2v) is 8.53. The van der Waals surface area contributed by atoms with E-state index in [1.165, 1.54) is 17.0 Å². The lowest BCUT2D eigenvalue weighted by atomic mass is 9.87. The zero-order valence-electron chi connectivity index (χ0n) is 13.0. The molecule has 2 N–H and O–H groups in total. The van der Waals surface area contributed by atoms with Crippen molar-refractivity contribution in [1.29, 1.82) is 0 Å². The Morgan fingerprint density at radius 3 is 2.43 bits per heavy atom. The van der Waals surface area contributed by atoms with Crippen LogP contribution in [0.15, 0.2) is 0 Å². The minimum Gasteiger partial charge on any atom is -0.335 e. The van der Waals surface area contributed by atoms with Gasteiger partial charge in [0.25, 0.3) is 0 Å². The Morgan fingerprint density at radius 1 is 1.10 bits per heavy atom. The summed E-state index contributed by atoms with van der Waals surface area (Å²) in [4.78, 5) is 12.1. The van der Waals surface area contributed by atoms with Crippen LogP contribution in [0.5, 0.6) is 0 Å². The number of nitrogens with one attached hydrogen (secondary N) is 2. The lowest BCUT2D eigenvalue weighted by molar-refractivity contribution is 0.214. The average molecular weight is 317 g/mol. The molecule has 7 heteroatoms. The monoisotopic (exact) mass is 317 g/mol. The highest BCUT2D eigenvalue weighted by Gasteiger charge is 2.27. The van der Waals surface area contributed by atoms with Crippen LogP contribution in [-0.4, -0.2) is 50.2 Å². The molecule has 2 rings (SSSR count). The highest BCUT2D eigenvalue weighted by atomic mass is 32.2. The van der Waals surface area contributed by atoms with Gasteiger partial charge in [-0.15, -0.1) is 0 Å². The van der Waals surface area contributed by atoms with E-state index >= 15 is 0 Å². The van der Waals surface area contributed by atoms with Crippen LogP contribution in [0.2, 0.25) is 0 Å². The number of carbonyl (C=O) groups excluding carboxylic acids is 1. The molecule has 2 amide bonds. The van der Waals surface area contributed by atoms with Crippen molar-refractivity contribution in [1.82, 2.24) is 14.9 Å². The zero-order chi connectivity index (χ0) is 15.5. The fourth-order valence-electron chi connectivity index (χ4n) is 3.34. The van der Waals surface area contributed by atoms with E-state index in [4.69, 9.17) is 0 Å². The van der Waals surface area contributed by atoms with Crippen molar-refractivity contribution >= 4 is 16.1 Å². The first-order chi connectivity index (χ1) is 9.84. The van der Waals surface area contributed by atoms with Gasteiger partial charge < -0.3 is 10.6 Å². The third-order valence-electron chi connectivity index (χ3n) is 4.46. The van der Waals surface area contributed by atoms with Crippen molar-refractivity contribution in [2.45, 2.75) is 57.5 Å². The predicted molar refractivity (Wildman–Crippen MR) is 82.5 cm³/mol. The number of nitrogens with zero attached hydrogens (tertiary/aromatic N) is 1. The van der Waals surface area contributed by atoms with E-state index in [1.54, 1.807) is 0 Å². The molecule has 122 valence electrons. The molecule has 1 saturated heterocycles. The maximum absolute atomic E-state index is 12.1. The average Bonchev–Trinajstić information content (AvgIpc) is 2.37. The summed E-state index contributed by atoms with van der Waals surface area (Å²) in [5.41, 5.74) is 0. The summed E-state index contributed by atoms with van der Waals surface area (Å²) in [6.07, 6.45) is 7.33. The van der Waals surface area contributed by atoms with Crippen LogP contribution >= 0.6 is 0 Å². The molecule has 21 heavy (non-hydrogen) atoms. The van der Waals surface area contributed by atoms with Crippen LogP contribution in [0.4, 0.5) is 4.79 Å². The summed E-state index contributed by atoms with van der Waals surface area (Å²) in [6.45, 7) is 3.16. The first-order valence-corrected chi connectivity index (χ1v) is 9.71. The molecule has 0 radical (unpaired) electrons. The Kier molecular flexibility index (Phi) is 5.48. The normalized spacial score (nSPS) is 31.6. The largest absolute Gasteiger partial charge is 0.335 e. The molecule has 2 fully saturated rings. The quantitative estimate of drug-likeness (QED) is 0.823. The third-order valence-corrected chi connectivity index (χ3v) is 5.73. The van der Waals surface area contributed by atoms with Crippen LogP contribution in [0.1, 0.15) is 45.4 Å². The lowest BCUT2D eigenvalue weighted by Crippen LogP contribution is -2.53. The van der Waals surface area contributed by atoms with E-state index in [2.05, 4.69) is 17.6 Å². The van der Waals surface area contributed by atoms with Crippen LogP contribution in [0.25, 0.3) is 0 Å². The smallest absolute Gasteiger partial charge is 0.315 e. The summed E-state index contributed by atoms with van der Waals surface area (Å²) >= 11 is 0. The highest BCUT2D eigenvalue weighted by molar-refractivity contribution is 7.88. The Balaban J connectivity index is 1.79. The van der Waals surface area contributed by atoms with Gasteiger partial charge in [-0.05, 0) is 31.6 Å². The second-order valence-electron chi connectivity index (χ2n) is 6.55. The van der Waals surface area contributed by atoms with Crippen LogP contribution in [0, 0.1) is 5.92 Å². The van der Waals surface area contributed by atoms with Crippen LogP contribution in [0.3, 0.4) is 0 Å². The topological polar surface area (TPSA) is 78.5 Å². The summed E-state index contributed by atoms with van der Waals surface area (Å²) in [7, 11) is -3.17. The van der Waals surface area contributed by atoms with Crippen molar-refractivity contribution in [2.24, 2.45) is 5.92 Å². The van der Waals surface area contributed by atoms with Crippen molar-refractivity contribution in [3.05, 3.63) is 0 Å². The molecular formula is C14H27N3O3S. The summed E-state index contributed by atoms with van der Waals surface area (Å²) < 4.78 is 24.6. The number of amides is 2. The maximum atomic E-state index is 12.1. The molecule has 1 aliphatic heterocycles. The van der Waals surface area contributed by atoms with E-state index in [9.17, 15) is 13.2 Å². The van der Waals surface area contributed by atoms with Crippen molar-refractivity contribution in [2.75, 3.05) is 19.3 Å². The van der Waals surface area contributed by atoms with Crippen LogP contribution in [-0.2, 0) is 10.0 Å². The van der Waals surface area contributed by atoms with Crippen LogP contribution < -0.4 is 10.6 Å². The fourth-order valence-corrected chi connectivity index (χ4v) is 4.25. The van der Waals surface area contributed by atoms with Crippen molar-refractivity contribution in [3.8, 4) is 0 Å². The number of urea groups is 1. The van der Waals surface area contributed by atoms with Gasteiger partial charge in [0.05, 0.1) is 6.26 Å². The van der Waals surface area contributed by atoms with E-state index in [0.29, 0.717) is 19.0 Å². The first kappa shape index (κ1) is 16.5. The number of hydrogen-bond acceptors (Lipinski definition) is 3. The van der Waals surface area contributed by atoms with Gasteiger partial charge in [0.1, 0.15) is 0 Å². The number of hydrogen-bond donors (Lipinski definition) is 2. The molecule has 0 bridgehead atoms. The van der Waals surface area contributed by atoms with Gasteiger partial charge in [0, 0.05) is 25.2 Å². The number of rotatable bonds is 3. The molecule has 1 aliphatic carbocycles.